The summed E-state index contributed by atoms with van der Waals surface area (Å²) >= 11 is 0. The molecule has 0 radical (unpaired) electrons. The minimum atomic E-state index is -2.04. The molecule has 4 atom stereocenters. The molecule has 1 fully saturated rings. The first-order valence-electron chi connectivity index (χ1n) is 27.8. The molecule has 2 aromatic carbocycles. The van der Waals surface area contributed by atoms with Gasteiger partial charge in [-0.25, -0.2) is 18.7 Å². The smallest absolute Gasteiger partial charge is 0.343 e. The molecule has 3 aliphatic heterocycles. The highest BCUT2D eigenvalue weighted by molar-refractivity contribution is 6.03. The van der Waals surface area contributed by atoms with E-state index in [0.29, 0.717) is 76.8 Å². The molecule has 1 unspecified atom stereocenters. The Bertz CT molecular complexity index is 3500. The zero-order chi connectivity index (χ0) is 59.1. The number of aryl methyl sites for hydroxylation is 2. The van der Waals surface area contributed by atoms with Gasteiger partial charge in [0.05, 0.1) is 74.1 Å². The van der Waals surface area contributed by atoms with E-state index in [2.05, 4.69) is 31.9 Å². The van der Waals surface area contributed by atoms with Crippen LogP contribution in [0.5, 0.6) is 0 Å². The van der Waals surface area contributed by atoms with Gasteiger partial charge >= 0.3 is 5.97 Å². The number of esters is 1. The van der Waals surface area contributed by atoms with E-state index in [-0.39, 0.29) is 106 Å². The number of carbonyl (C=O) groups is 9. The number of pyridine rings is 3. The Hall–Kier alpha value is -8.77. The van der Waals surface area contributed by atoms with Crippen LogP contribution in [-0.2, 0) is 97.2 Å². The maximum absolute atomic E-state index is 15.4. The zero-order valence-electron chi connectivity index (χ0n) is 46.3. The van der Waals surface area contributed by atoms with E-state index in [1.807, 2.05) is 29.0 Å². The molecule has 83 heavy (non-hydrogen) atoms. The molecule has 23 nitrogen and oxygen atoms in total. The number of likely N-dealkylation sites (tertiary alicyclic amines) is 1. The van der Waals surface area contributed by atoms with Crippen molar-refractivity contribution in [3.63, 3.8) is 0 Å². The van der Waals surface area contributed by atoms with Gasteiger partial charge in [0, 0.05) is 72.9 Å². The van der Waals surface area contributed by atoms with Gasteiger partial charge < -0.3 is 51.0 Å². The number of benzene rings is 2. The predicted molar refractivity (Wildman–Crippen MR) is 293 cm³/mol. The van der Waals surface area contributed by atoms with Gasteiger partial charge in [-0.2, -0.15) is 0 Å². The summed E-state index contributed by atoms with van der Waals surface area (Å²) in [7, 11) is 0. The molecular weight excluding hydrogens is 1080 g/mol. The van der Waals surface area contributed by atoms with Crippen molar-refractivity contribution in [2.45, 2.75) is 116 Å². The summed E-state index contributed by atoms with van der Waals surface area (Å²) in [5.41, 5.74) is 2.97. The van der Waals surface area contributed by atoms with Crippen LogP contribution in [0.3, 0.4) is 0 Å². The van der Waals surface area contributed by atoms with Gasteiger partial charge in [-0.3, -0.25) is 48.1 Å². The molecule has 8 amide bonds. The minimum Gasteiger partial charge on any atom is -0.458 e. The Morgan fingerprint density at radius 2 is 1.63 bits per heavy atom. The second-order valence-electron chi connectivity index (χ2n) is 21.2. The van der Waals surface area contributed by atoms with Crippen molar-refractivity contribution in [2.75, 3.05) is 39.5 Å². The number of ether oxygens (including phenoxy) is 2. The Balaban J connectivity index is 0.711. The van der Waals surface area contributed by atoms with Crippen LogP contribution in [0.2, 0.25) is 0 Å². The van der Waals surface area contributed by atoms with Crippen molar-refractivity contribution in [3.8, 4) is 11.4 Å². The number of imide groups is 1. The lowest BCUT2D eigenvalue weighted by Gasteiger charge is -2.31. The number of halogens is 1. The molecule has 4 aliphatic rings. The summed E-state index contributed by atoms with van der Waals surface area (Å²) in [4.78, 5) is 136. The summed E-state index contributed by atoms with van der Waals surface area (Å²) in [6, 6.07) is 15.6. The molecule has 1 saturated heterocycles. The van der Waals surface area contributed by atoms with Crippen molar-refractivity contribution >= 4 is 64.1 Å². The van der Waals surface area contributed by atoms with Gasteiger partial charge in [-0.05, 0) is 54.5 Å². The van der Waals surface area contributed by atoms with Crippen molar-refractivity contribution in [3.05, 3.63) is 128 Å². The van der Waals surface area contributed by atoms with Gasteiger partial charge in [-0.1, -0.05) is 50.2 Å². The molecule has 7 N–H and O–H groups in total. The third-order valence-corrected chi connectivity index (χ3v) is 15.7. The Morgan fingerprint density at radius 3 is 2.39 bits per heavy atom. The Morgan fingerprint density at radius 1 is 0.892 bits per heavy atom. The number of aromatic nitrogens is 3. The average molecular weight is 1140 g/mol. The standard InChI is InChI=1S/C59H65FN10O13/c1-4-59(81)40-25-45-54-38(30-70(45)57(79)39(40)31-83-58(59)80)53-42(16-15-37-34(3)41(60)26-43(67-54)52(37)53)65-47(72)18-22-82-32-64-49(74)28-63-55(77)44(24-35-11-6-5-7-12-35)66-50(75)29-62-48(73)27-61-46(71)14-10-20-68-19-9-8-13-36(68)17-21-69-51(76)23-33(2)56(69)78/h5-9,11-13,19,25-26,33,42,44,81H,4,10,14-18,20-24,27-32H2,1-3H3,(H5-,61,62,63,64,65,66,71,72,73,74,75,77)/p+1/t33?,42-,44-,59-/m0/s1. The third kappa shape index (κ3) is 13.0. The highest BCUT2D eigenvalue weighted by atomic mass is 19.1. The van der Waals surface area contributed by atoms with Crippen molar-refractivity contribution in [1.82, 2.24) is 46.4 Å². The number of hydrogen-bond acceptors (Lipinski definition) is 14. The minimum absolute atomic E-state index is 0.0420. The van der Waals surface area contributed by atoms with E-state index >= 15 is 4.39 Å². The monoisotopic (exact) mass is 1140 g/mol. The van der Waals surface area contributed by atoms with Crippen molar-refractivity contribution < 1.29 is 66.7 Å². The lowest BCUT2D eigenvalue weighted by Crippen LogP contribution is -2.52. The highest BCUT2D eigenvalue weighted by Gasteiger charge is 2.46. The molecule has 0 saturated carbocycles. The third-order valence-electron chi connectivity index (χ3n) is 15.7. The summed E-state index contributed by atoms with van der Waals surface area (Å²) in [6.07, 6.45) is 3.78. The number of aliphatic hydroxyl groups is 1. The maximum Gasteiger partial charge on any atom is 0.343 e. The summed E-state index contributed by atoms with van der Waals surface area (Å²) in [6.45, 7) is 3.71. The first kappa shape index (κ1) is 58.9. The van der Waals surface area contributed by atoms with E-state index in [4.69, 9.17) is 14.5 Å². The van der Waals surface area contributed by atoms with Crippen LogP contribution in [0, 0.1) is 18.7 Å². The number of rotatable bonds is 24. The van der Waals surface area contributed by atoms with Gasteiger partial charge in [0.1, 0.15) is 31.7 Å². The molecule has 6 heterocycles. The maximum atomic E-state index is 15.4. The first-order chi connectivity index (χ1) is 39.8. The number of fused-ring (bicyclic) bond motifs is 5. The topological polar surface area (TPSA) is 307 Å². The number of cyclic esters (lactones) is 1. The fraction of sp³-hybridized carbons (Fsp3) is 0.424. The number of carbonyl (C=O) groups excluding carboxylic acids is 9. The van der Waals surface area contributed by atoms with E-state index in [1.165, 1.54) is 15.5 Å². The van der Waals surface area contributed by atoms with Crippen molar-refractivity contribution in [1.29, 1.82) is 0 Å². The summed E-state index contributed by atoms with van der Waals surface area (Å²) in [5, 5.41) is 27.7. The molecular formula is C59H66FN10O13+. The summed E-state index contributed by atoms with van der Waals surface area (Å²) in [5.74, 6) is -5.44. The van der Waals surface area contributed by atoms with Crippen LogP contribution in [0.1, 0.15) is 103 Å². The lowest BCUT2D eigenvalue weighted by molar-refractivity contribution is -0.704. The first-order valence-corrected chi connectivity index (χ1v) is 27.8. The largest absolute Gasteiger partial charge is 0.458 e. The highest BCUT2D eigenvalue weighted by Crippen LogP contribution is 2.46. The van der Waals surface area contributed by atoms with E-state index in [1.54, 1.807) is 57.2 Å². The number of nitrogens with zero attached hydrogens (tertiary/aromatic N) is 4. The van der Waals surface area contributed by atoms with E-state index in [0.717, 1.165) is 11.3 Å². The zero-order valence-corrected chi connectivity index (χ0v) is 46.3. The molecule has 9 rings (SSSR count). The van der Waals surface area contributed by atoms with Crippen LogP contribution < -0.4 is 42.0 Å². The number of nitrogens with one attached hydrogen (secondary N) is 6. The second-order valence-corrected chi connectivity index (χ2v) is 21.2. The molecule has 1 aliphatic carbocycles. The molecule has 0 bridgehead atoms. The molecule has 5 aromatic rings. The normalized spacial score (nSPS) is 17.9. The van der Waals surface area contributed by atoms with E-state index in [9.17, 15) is 53.1 Å². The van der Waals surface area contributed by atoms with Gasteiger partial charge in [0.2, 0.25) is 47.3 Å². The number of hydrogen-bond donors (Lipinski definition) is 7. The van der Waals surface area contributed by atoms with Crippen LogP contribution in [0.25, 0.3) is 22.3 Å². The van der Waals surface area contributed by atoms with Crippen LogP contribution in [0.4, 0.5) is 4.39 Å². The predicted octanol–water partition coefficient (Wildman–Crippen LogP) is 0.893. The van der Waals surface area contributed by atoms with Crippen molar-refractivity contribution in [2.24, 2.45) is 5.92 Å². The van der Waals surface area contributed by atoms with Crippen LogP contribution in [0.15, 0.2) is 71.7 Å². The number of amides is 8. The second kappa shape index (κ2) is 25.6. The van der Waals surface area contributed by atoms with Gasteiger partial charge in [0.15, 0.2) is 17.5 Å². The quantitative estimate of drug-likeness (QED) is 0.0146. The van der Waals surface area contributed by atoms with Crippen LogP contribution in [-0.4, -0.2) is 118 Å². The average Bonchev–Trinajstić information content (AvgIpc) is 4.17. The molecule has 436 valence electrons. The fourth-order valence-corrected chi connectivity index (χ4v) is 11.2. The molecule has 24 heteroatoms. The summed E-state index contributed by atoms with van der Waals surface area (Å²) < 4.78 is 29.6. The Kier molecular flexibility index (Phi) is 18.1. The van der Waals surface area contributed by atoms with E-state index < -0.39 is 78.3 Å². The molecule has 3 aromatic heterocycles. The van der Waals surface area contributed by atoms with Gasteiger partial charge in [0.25, 0.3) is 5.56 Å². The lowest BCUT2D eigenvalue weighted by atomic mass is 9.81. The van der Waals surface area contributed by atoms with Crippen LogP contribution >= 0.6 is 0 Å². The Labute approximate surface area is 476 Å². The SMILES string of the molecule is CC[C@@]1(O)C(=O)OCc2c1cc1n(c2=O)Cc2c-1nc1cc(F)c(C)c3c1c2[C@@H](NC(=O)CCOCNC(=O)CNC(=O)[C@H](Cc1ccccc1)NC(=O)CNC(=O)CNC(=O)CCC[n+]1ccccc1CCN1C(=O)CC(C)C1=O)CC3. The molecule has 0 spiro atoms. The fourth-order valence-electron chi connectivity index (χ4n) is 11.2. The van der Waals surface area contributed by atoms with Gasteiger partial charge in [-0.15, -0.1) is 0 Å².